The van der Waals surface area contributed by atoms with Crippen molar-refractivity contribution in [2.45, 2.75) is 39.3 Å². The third-order valence-electron chi connectivity index (χ3n) is 3.23. The Balaban J connectivity index is 2.52. The first-order chi connectivity index (χ1) is 8.90. The maximum atomic E-state index is 12.1. The zero-order valence-corrected chi connectivity index (χ0v) is 12.2. The van der Waals surface area contributed by atoms with E-state index in [4.69, 9.17) is 0 Å². The number of hydrogen-bond donors (Lipinski definition) is 2. The van der Waals surface area contributed by atoms with Crippen LogP contribution in [0.15, 0.2) is 24.3 Å². The lowest BCUT2D eigenvalue weighted by atomic mass is 10.2. The fraction of sp³-hybridized carbons (Fsp3) is 0.533. The molecule has 0 aliphatic rings. The third kappa shape index (κ3) is 5.41. The lowest BCUT2D eigenvalue weighted by Gasteiger charge is -2.24. The summed E-state index contributed by atoms with van der Waals surface area (Å²) < 4.78 is 0. The number of nitrogens with one attached hydrogen (secondary N) is 1. The molecule has 0 aromatic heterocycles. The fourth-order valence-electron chi connectivity index (χ4n) is 1.75. The van der Waals surface area contributed by atoms with Gasteiger partial charge in [0.2, 0.25) is 5.91 Å². The normalized spacial score (nSPS) is 14.2. The van der Waals surface area contributed by atoms with E-state index in [-0.39, 0.29) is 18.1 Å². The van der Waals surface area contributed by atoms with Crippen LogP contribution in [0.2, 0.25) is 0 Å². The van der Waals surface area contributed by atoms with Gasteiger partial charge in [-0.2, -0.15) is 0 Å². The number of carbonyl (C=O) groups is 1. The first-order valence-corrected chi connectivity index (χ1v) is 6.66. The van der Waals surface area contributed by atoms with Crippen LogP contribution in [0.3, 0.4) is 0 Å². The van der Waals surface area contributed by atoms with Gasteiger partial charge < -0.3 is 10.4 Å². The highest BCUT2D eigenvalue weighted by Crippen LogP contribution is 2.11. The van der Waals surface area contributed by atoms with Gasteiger partial charge in [0.1, 0.15) is 0 Å². The minimum atomic E-state index is -0.338. The Morgan fingerprint density at radius 3 is 2.68 bits per heavy atom. The molecule has 1 rings (SSSR count). The summed E-state index contributed by atoms with van der Waals surface area (Å²) in [5.41, 5.74) is 1.94. The van der Waals surface area contributed by atoms with Gasteiger partial charge in [0.05, 0.1) is 12.1 Å². The Morgan fingerprint density at radius 2 is 2.11 bits per heavy atom. The molecule has 106 valence electrons. The molecule has 1 aromatic carbocycles. The lowest BCUT2D eigenvalue weighted by molar-refractivity contribution is -0.120. The highest BCUT2D eigenvalue weighted by molar-refractivity contribution is 5.94. The average molecular weight is 264 g/mol. The minimum Gasteiger partial charge on any atom is -0.393 e. The van der Waals surface area contributed by atoms with Crippen LogP contribution in [0.4, 0.5) is 5.69 Å². The Hall–Kier alpha value is -1.39. The molecule has 19 heavy (non-hydrogen) atoms. The molecule has 1 aromatic rings. The largest absolute Gasteiger partial charge is 0.393 e. The molecular weight excluding hydrogens is 240 g/mol. The summed E-state index contributed by atoms with van der Waals surface area (Å²) >= 11 is 0. The van der Waals surface area contributed by atoms with Crippen LogP contribution in [-0.4, -0.2) is 41.7 Å². The summed E-state index contributed by atoms with van der Waals surface area (Å²) in [5, 5.41) is 12.2. The fourth-order valence-corrected chi connectivity index (χ4v) is 1.75. The molecule has 0 aliphatic heterocycles. The van der Waals surface area contributed by atoms with Crippen LogP contribution in [0, 0.1) is 6.92 Å². The van der Waals surface area contributed by atoms with Crippen LogP contribution in [0.1, 0.15) is 25.8 Å². The summed E-state index contributed by atoms with van der Waals surface area (Å²) in [6.07, 6.45) is 0.327. The van der Waals surface area contributed by atoms with Gasteiger partial charge in [0, 0.05) is 12.2 Å². The molecule has 0 aliphatic carbocycles. The number of aliphatic hydroxyl groups is 1. The summed E-state index contributed by atoms with van der Waals surface area (Å²) in [4.78, 5) is 14.0. The smallest absolute Gasteiger partial charge is 0.241 e. The molecule has 0 bridgehead atoms. The molecule has 2 unspecified atom stereocenters. The molecule has 0 spiro atoms. The van der Waals surface area contributed by atoms with Crippen molar-refractivity contribution >= 4 is 11.6 Å². The number of amides is 1. The zero-order valence-electron chi connectivity index (χ0n) is 12.2. The molecule has 0 radical (unpaired) electrons. The van der Waals surface area contributed by atoms with Crippen molar-refractivity contribution in [1.29, 1.82) is 0 Å². The number of hydrogen-bond acceptors (Lipinski definition) is 3. The van der Waals surface area contributed by atoms with E-state index in [1.807, 2.05) is 50.1 Å². The Bertz CT molecular complexity index is 418. The summed E-state index contributed by atoms with van der Waals surface area (Å²) in [5.74, 6) is -0.0290. The number of likely N-dealkylation sites (N-methyl/N-ethyl adjacent to an activating group) is 1. The molecule has 4 nitrogen and oxygen atoms in total. The second kappa shape index (κ2) is 7.26. The van der Waals surface area contributed by atoms with Crippen molar-refractivity contribution < 1.29 is 9.90 Å². The molecular formula is C15H24N2O2. The van der Waals surface area contributed by atoms with Gasteiger partial charge in [-0.1, -0.05) is 12.1 Å². The van der Waals surface area contributed by atoms with E-state index in [1.165, 1.54) is 0 Å². The standard InChI is InChI=1S/C15H24N2O2/c1-11-6-5-7-14(10-11)16-15(19)13(3)17(4)9-8-12(2)18/h5-7,10,12-13,18H,8-9H2,1-4H3,(H,16,19). The molecule has 0 fully saturated rings. The Labute approximate surface area is 115 Å². The molecule has 1 amide bonds. The maximum absolute atomic E-state index is 12.1. The molecule has 0 heterocycles. The maximum Gasteiger partial charge on any atom is 0.241 e. The number of aliphatic hydroxyl groups excluding tert-OH is 1. The highest BCUT2D eigenvalue weighted by atomic mass is 16.3. The first-order valence-electron chi connectivity index (χ1n) is 6.66. The Kier molecular flexibility index (Phi) is 5.99. The lowest BCUT2D eigenvalue weighted by Crippen LogP contribution is -2.40. The number of rotatable bonds is 6. The van der Waals surface area contributed by atoms with Crippen molar-refractivity contribution in [3.05, 3.63) is 29.8 Å². The van der Waals surface area contributed by atoms with E-state index in [1.54, 1.807) is 6.92 Å². The SMILES string of the molecule is Cc1cccc(NC(=O)C(C)N(C)CCC(C)O)c1. The number of benzene rings is 1. The van der Waals surface area contributed by atoms with E-state index in [0.717, 1.165) is 11.3 Å². The van der Waals surface area contributed by atoms with Crippen molar-refractivity contribution in [2.24, 2.45) is 0 Å². The van der Waals surface area contributed by atoms with Crippen LogP contribution >= 0.6 is 0 Å². The van der Waals surface area contributed by atoms with E-state index < -0.39 is 0 Å². The van der Waals surface area contributed by atoms with E-state index in [2.05, 4.69) is 5.32 Å². The predicted octanol–water partition coefficient (Wildman–Crippen LogP) is 2.02. The summed E-state index contributed by atoms with van der Waals surface area (Å²) in [7, 11) is 1.89. The molecule has 2 N–H and O–H groups in total. The first kappa shape index (κ1) is 15.7. The predicted molar refractivity (Wildman–Crippen MR) is 78.2 cm³/mol. The molecule has 4 heteroatoms. The zero-order chi connectivity index (χ0) is 14.4. The summed E-state index contributed by atoms with van der Waals surface area (Å²) in [6, 6.07) is 7.52. The van der Waals surface area contributed by atoms with E-state index >= 15 is 0 Å². The van der Waals surface area contributed by atoms with Crippen LogP contribution < -0.4 is 5.32 Å². The Morgan fingerprint density at radius 1 is 1.42 bits per heavy atom. The van der Waals surface area contributed by atoms with Gasteiger partial charge in [-0.15, -0.1) is 0 Å². The van der Waals surface area contributed by atoms with Gasteiger partial charge >= 0.3 is 0 Å². The second-order valence-corrected chi connectivity index (χ2v) is 5.15. The van der Waals surface area contributed by atoms with Gasteiger partial charge in [0.15, 0.2) is 0 Å². The number of carbonyl (C=O) groups excluding carboxylic acids is 1. The van der Waals surface area contributed by atoms with Crippen LogP contribution in [0.25, 0.3) is 0 Å². The van der Waals surface area contributed by atoms with Crippen molar-refractivity contribution in [1.82, 2.24) is 4.90 Å². The quantitative estimate of drug-likeness (QED) is 0.826. The van der Waals surface area contributed by atoms with E-state index in [0.29, 0.717) is 13.0 Å². The monoisotopic (exact) mass is 264 g/mol. The number of anilines is 1. The van der Waals surface area contributed by atoms with Crippen LogP contribution in [-0.2, 0) is 4.79 Å². The van der Waals surface area contributed by atoms with Crippen molar-refractivity contribution in [2.75, 3.05) is 18.9 Å². The van der Waals surface area contributed by atoms with Crippen molar-refractivity contribution in [3.63, 3.8) is 0 Å². The highest BCUT2D eigenvalue weighted by Gasteiger charge is 2.18. The molecule has 2 atom stereocenters. The second-order valence-electron chi connectivity index (χ2n) is 5.15. The summed E-state index contributed by atoms with van der Waals surface area (Å²) in [6.45, 7) is 6.31. The number of aryl methyl sites for hydroxylation is 1. The molecule has 0 saturated heterocycles. The van der Waals surface area contributed by atoms with Crippen LogP contribution in [0.5, 0.6) is 0 Å². The third-order valence-corrected chi connectivity index (χ3v) is 3.23. The molecule has 0 saturated carbocycles. The van der Waals surface area contributed by atoms with Gasteiger partial charge in [-0.25, -0.2) is 0 Å². The van der Waals surface area contributed by atoms with E-state index in [9.17, 15) is 9.90 Å². The van der Waals surface area contributed by atoms with Gasteiger partial charge in [0.25, 0.3) is 0 Å². The van der Waals surface area contributed by atoms with Gasteiger partial charge in [-0.05, 0) is 51.9 Å². The average Bonchev–Trinajstić information content (AvgIpc) is 2.34. The number of nitrogens with zero attached hydrogens (tertiary/aromatic N) is 1. The van der Waals surface area contributed by atoms with Crippen molar-refractivity contribution in [3.8, 4) is 0 Å². The topological polar surface area (TPSA) is 52.6 Å². The van der Waals surface area contributed by atoms with Gasteiger partial charge in [-0.3, -0.25) is 9.69 Å². The minimum absolute atomic E-state index is 0.0290.